The van der Waals surface area contributed by atoms with Gasteiger partial charge in [0.15, 0.2) is 5.78 Å². The van der Waals surface area contributed by atoms with Crippen molar-refractivity contribution in [1.29, 1.82) is 0 Å². The second kappa shape index (κ2) is 5.77. The summed E-state index contributed by atoms with van der Waals surface area (Å²) in [6, 6.07) is 1.02. The van der Waals surface area contributed by atoms with Crippen molar-refractivity contribution in [2.75, 3.05) is 39.3 Å². The van der Waals surface area contributed by atoms with Gasteiger partial charge in [0.2, 0.25) is 0 Å². The van der Waals surface area contributed by atoms with E-state index >= 15 is 0 Å². The normalized spacial score (nSPS) is 56.5. The van der Waals surface area contributed by atoms with Crippen molar-refractivity contribution in [2.45, 2.75) is 63.5 Å². The SMILES string of the molecule is CCC1C2NCC3NCC4NCC5NCC6NCC(OCC2(C)C)C65C(=O)C341. The van der Waals surface area contributed by atoms with Gasteiger partial charge >= 0.3 is 0 Å². The van der Waals surface area contributed by atoms with Crippen LogP contribution in [0.4, 0.5) is 0 Å². The van der Waals surface area contributed by atoms with Crippen LogP contribution >= 0.6 is 0 Å². The number of carbonyl (C=O) groups excluding carboxylic acids is 1. The minimum atomic E-state index is -0.457. The molecule has 6 rings (SSSR count). The quantitative estimate of drug-likeness (QED) is 0.387. The molecule has 0 radical (unpaired) electrons. The Morgan fingerprint density at radius 1 is 0.857 bits per heavy atom. The van der Waals surface area contributed by atoms with Crippen molar-refractivity contribution in [3.63, 3.8) is 0 Å². The fourth-order valence-corrected chi connectivity index (χ4v) is 8.27. The van der Waals surface area contributed by atoms with E-state index in [-0.39, 0.29) is 47.1 Å². The van der Waals surface area contributed by atoms with Crippen molar-refractivity contribution in [3.8, 4) is 0 Å². The van der Waals surface area contributed by atoms with Gasteiger partial charge in [0, 0.05) is 68.3 Å². The summed E-state index contributed by atoms with van der Waals surface area (Å²) in [6.45, 7) is 11.9. The van der Waals surface area contributed by atoms with Crippen LogP contribution in [0.3, 0.4) is 0 Å². The van der Waals surface area contributed by atoms with E-state index in [4.69, 9.17) is 4.74 Å². The van der Waals surface area contributed by atoms with Crippen molar-refractivity contribution in [3.05, 3.63) is 0 Å². The highest BCUT2D eigenvalue weighted by Crippen LogP contribution is 2.58. The number of piperidine rings is 1. The van der Waals surface area contributed by atoms with Gasteiger partial charge in [0.1, 0.15) is 0 Å². The van der Waals surface area contributed by atoms with Crippen molar-refractivity contribution in [1.82, 2.24) is 26.6 Å². The lowest BCUT2D eigenvalue weighted by atomic mass is 9.51. The molecule has 0 saturated carbocycles. The molecule has 6 saturated heterocycles. The molecule has 5 N–H and O–H groups in total. The maximum absolute atomic E-state index is 14.9. The molecule has 0 aromatic rings. The molecule has 156 valence electrons. The van der Waals surface area contributed by atoms with E-state index in [1.807, 2.05) is 0 Å². The first kappa shape index (κ1) is 18.2. The van der Waals surface area contributed by atoms with E-state index in [0.717, 1.165) is 39.1 Å². The minimum absolute atomic E-state index is 0.0175. The third-order valence-electron chi connectivity index (χ3n) is 9.38. The highest BCUT2D eigenvalue weighted by atomic mass is 16.5. The molecule has 0 aromatic heterocycles. The van der Waals surface area contributed by atoms with E-state index in [9.17, 15) is 4.79 Å². The lowest BCUT2D eigenvalue weighted by molar-refractivity contribution is -0.152. The van der Waals surface area contributed by atoms with Crippen LogP contribution in [0.5, 0.6) is 0 Å². The first-order valence-electron chi connectivity index (χ1n) is 11.3. The predicted octanol–water partition coefficient (Wildman–Crippen LogP) is -1.16. The van der Waals surface area contributed by atoms with Crippen LogP contribution in [0.15, 0.2) is 0 Å². The van der Waals surface area contributed by atoms with Crippen molar-refractivity contribution in [2.24, 2.45) is 22.2 Å². The van der Waals surface area contributed by atoms with Gasteiger partial charge in [-0.25, -0.2) is 0 Å². The highest BCUT2D eigenvalue weighted by Gasteiger charge is 2.75. The Labute approximate surface area is 167 Å². The second-order valence-corrected chi connectivity index (χ2v) is 10.7. The fraction of sp³-hybridized carbons (Fsp3) is 0.952. The Kier molecular flexibility index (Phi) is 3.75. The van der Waals surface area contributed by atoms with E-state index in [0.29, 0.717) is 18.3 Å². The van der Waals surface area contributed by atoms with Gasteiger partial charge < -0.3 is 31.3 Å². The molecule has 2 spiro atoms. The summed E-state index contributed by atoms with van der Waals surface area (Å²) in [7, 11) is 0. The first-order chi connectivity index (χ1) is 13.5. The lowest BCUT2D eigenvalue weighted by Gasteiger charge is -2.55. The van der Waals surface area contributed by atoms with E-state index < -0.39 is 5.41 Å². The number of hydrogen-bond donors (Lipinski definition) is 5. The second-order valence-electron chi connectivity index (χ2n) is 10.7. The number of carbonyl (C=O) groups is 1. The smallest absolute Gasteiger partial charge is 0.154 e. The van der Waals surface area contributed by atoms with E-state index in [1.54, 1.807) is 0 Å². The Bertz CT molecular complexity index is 700. The third kappa shape index (κ3) is 1.86. The van der Waals surface area contributed by atoms with E-state index in [1.165, 1.54) is 0 Å². The molecule has 9 atom stereocenters. The molecule has 7 nitrogen and oxygen atoms in total. The molecular formula is C21H35N5O2. The number of ether oxygens (including phenoxy) is 1. The first-order valence-corrected chi connectivity index (χ1v) is 11.3. The molecule has 0 amide bonds. The van der Waals surface area contributed by atoms with Gasteiger partial charge in [-0.05, 0) is 5.92 Å². The van der Waals surface area contributed by atoms with Crippen LogP contribution in [-0.2, 0) is 9.53 Å². The molecular weight excluding hydrogens is 354 g/mol. The Morgan fingerprint density at radius 2 is 1.39 bits per heavy atom. The fourth-order valence-electron chi connectivity index (χ4n) is 8.27. The summed E-state index contributed by atoms with van der Waals surface area (Å²) in [5, 5.41) is 18.8. The molecule has 6 aliphatic rings. The summed E-state index contributed by atoms with van der Waals surface area (Å²) in [4.78, 5) is 14.9. The largest absolute Gasteiger partial charge is 0.375 e. The number of nitrogens with one attached hydrogen (secondary N) is 5. The van der Waals surface area contributed by atoms with Crippen LogP contribution in [-0.4, -0.2) is 81.4 Å². The van der Waals surface area contributed by atoms with Gasteiger partial charge in [0.05, 0.1) is 23.5 Å². The molecule has 6 aliphatic heterocycles. The molecule has 0 aliphatic carbocycles. The lowest BCUT2D eigenvalue weighted by Crippen LogP contribution is -2.72. The summed E-state index contributed by atoms with van der Waals surface area (Å²) in [5.74, 6) is 0.787. The molecule has 6 fully saturated rings. The standard InChI is InChI=1S/C21H35N5O2/c1-4-11-17-19(2,3)10-28-16-9-25-15-7-24-14-6-23-12-5-22-13(8-26-17)20(11,12)18(27)21(14,15)16/h11-17,22-26H,4-10H2,1-3H3. The Balaban J connectivity index is 1.62. The molecule has 3 bridgehead atoms. The van der Waals surface area contributed by atoms with Gasteiger partial charge in [0.25, 0.3) is 0 Å². The molecule has 28 heavy (non-hydrogen) atoms. The van der Waals surface area contributed by atoms with Gasteiger partial charge in [-0.2, -0.15) is 0 Å². The zero-order valence-electron chi connectivity index (χ0n) is 17.3. The van der Waals surface area contributed by atoms with Crippen LogP contribution in [0, 0.1) is 22.2 Å². The summed E-state index contributed by atoms with van der Waals surface area (Å²) < 4.78 is 6.66. The summed E-state index contributed by atoms with van der Waals surface area (Å²) in [6.07, 6.45) is 0.970. The van der Waals surface area contributed by atoms with Crippen LogP contribution in [0.2, 0.25) is 0 Å². The zero-order valence-corrected chi connectivity index (χ0v) is 17.3. The predicted molar refractivity (Wildman–Crippen MR) is 106 cm³/mol. The van der Waals surface area contributed by atoms with Crippen molar-refractivity contribution < 1.29 is 9.53 Å². The molecule has 6 heterocycles. The van der Waals surface area contributed by atoms with Gasteiger partial charge in [-0.15, -0.1) is 0 Å². The third-order valence-corrected chi connectivity index (χ3v) is 9.38. The molecule has 7 heteroatoms. The monoisotopic (exact) mass is 389 g/mol. The molecule has 9 unspecified atom stereocenters. The summed E-state index contributed by atoms with van der Waals surface area (Å²) in [5.41, 5.74) is -0.836. The van der Waals surface area contributed by atoms with Crippen LogP contribution in [0.25, 0.3) is 0 Å². The average molecular weight is 390 g/mol. The Hall–Kier alpha value is -0.570. The number of hydrogen-bond acceptors (Lipinski definition) is 7. The maximum atomic E-state index is 14.9. The average Bonchev–Trinajstić information content (AvgIpc) is 3.32. The minimum Gasteiger partial charge on any atom is -0.375 e. The zero-order chi connectivity index (χ0) is 19.3. The highest BCUT2D eigenvalue weighted by molar-refractivity contribution is 5.96. The van der Waals surface area contributed by atoms with Gasteiger partial charge in [-0.3, -0.25) is 4.79 Å². The molecule has 0 aromatic carbocycles. The number of ketones is 1. The van der Waals surface area contributed by atoms with Crippen molar-refractivity contribution >= 4 is 5.78 Å². The summed E-state index contributed by atoms with van der Waals surface area (Å²) >= 11 is 0. The van der Waals surface area contributed by atoms with Crippen LogP contribution < -0.4 is 26.6 Å². The maximum Gasteiger partial charge on any atom is 0.154 e. The van der Waals surface area contributed by atoms with E-state index in [2.05, 4.69) is 47.4 Å². The van der Waals surface area contributed by atoms with Gasteiger partial charge in [-0.1, -0.05) is 27.2 Å². The number of rotatable bonds is 1. The van der Waals surface area contributed by atoms with Crippen LogP contribution in [0.1, 0.15) is 27.2 Å². The Morgan fingerprint density at radius 3 is 2.00 bits per heavy atom. The topological polar surface area (TPSA) is 86.4 Å². The number of Topliss-reactive ketones (excluding diaryl/α,β-unsaturated/α-hetero) is 1. The number of fused-ring (bicyclic) bond motifs is 1.